The van der Waals surface area contributed by atoms with Crippen molar-refractivity contribution in [1.82, 2.24) is 0 Å². The average Bonchev–Trinajstić information content (AvgIpc) is 2.59. The topological polar surface area (TPSA) is 95.2 Å². The first-order chi connectivity index (χ1) is 13.7. The number of aromatic hydroxyl groups is 1. The molecular weight excluding hydrogens is 395 g/mol. The highest BCUT2D eigenvalue weighted by atomic mass is 31.2. The Balaban J connectivity index is 2.07. The summed E-state index contributed by atoms with van der Waals surface area (Å²) in [6.07, 6.45) is -0.840. The number of benzene rings is 2. The molecular formula is C21H23O7P. The van der Waals surface area contributed by atoms with Gasteiger partial charge in [-0.2, -0.15) is 0 Å². The molecule has 0 saturated carbocycles. The molecule has 0 spiro atoms. The highest BCUT2D eigenvalue weighted by molar-refractivity contribution is 7.49. The fourth-order valence-corrected chi connectivity index (χ4v) is 4.29. The molecule has 0 aliphatic heterocycles. The Bertz CT molecular complexity index is 1090. The lowest BCUT2D eigenvalue weighted by molar-refractivity contribution is 0.103. The molecule has 7 nitrogen and oxygen atoms in total. The maximum absolute atomic E-state index is 13.0. The van der Waals surface area contributed by atoms with Crippen molar-refractivity contribution < 1.29 is 27.7 Å². The minimum Gasteiger partial charge on any atom is -0.507 e. The smallest absolute Gasteiger partial charge is 0.507 e. The van der Waals surface area contributed by atoms with Crippen molar-refractivity contribution in [2.75, 3.05) is 0 Å². The van der Waals surface area contributed by atoms with Crippen LogP contribution in [0.25, 0.3) is 22.3 Å². The maximum Gasteiger partial charge on any atom is 0.530 e. The predicted molar refractivity (Wildman–Crippen MR) is 110 cm³/mol. The van der Waals surface area contributed by atoms with Crippen LogP contribution in [-0.2, 0) is 13.6 Å². The Kier molecular flexibility index (Phi) is 6.13. The van der Waals surface area contributed by atoms with Crippen molar-refractivity contribution in [2.24, 2.45) is 0 Å². The number of phosphoric ester groups is 1. The molecule has 1 aromatic heterocycles. The summed E-state index contributed by atoms with van der Waals surface area (Å²) in [6.45, 7) is 6.79. The first-order valence-electron chi connectivity index (χ1n) is 9.19. The molecule has 0 amide bonds. The fraction of sp³-hybridized carbons (Fsp3) is 0.286. The third kappa shape index (κ3) is 5.07. The van der Waals surface area contributed by atoms with Gasteiger partial charge in [0.1, 0.15) is 28.2 Å². The van der Waals surface area contributed by atoms with E-state index in [4.69, 9.17) is 18.0 Å². The van der Waals surface area contributed by atoms with Crippen LogP contribution in [0.15, 0.2) is 57.7 Å². The number of hydrogen-bond donors (Lipinski definition) is 1. The highest BCUT2D eigenvalue weighted by Gasteiger charge is 2.32. The molecule has 3 rings (SSSR count). The van der Waals surface area contributed by atoms with E-state index < -0.39 is 25.5 Å². The van der Waals surface area contributed by atoms with Crippen molar-refractivity contribution in [3.63, 3.8) is 0 Å². The van der Waals surface area contributed by atoms with Gasteiger partial charge in [-0.3, -0.25) is 13.8 Å². The number of phosphoric acid groups is 1. The quantitative estimate of drug-likeness (QED) is 0.506. The molecule has 154 valence electrons. The van der Waals surface area contributed by atoms with E-state index in [0.717, 1.165) is 0 Å². The first kappa shape index (κ1) is 21.1. The van der Waals surface area contributed by atoms with Gasteiger partial charge >= 0.3 is 7.82 Å². The molecule has 0 aliphatic rings. The monoisotopic (exact) mass is 418 g/mol. The SMILES string of the molecule is CC(C)OP(=O)(Oc1cc(O)c2c(=O)cc(-c3ccccc3)oc2c1)OC(C)C. The van der Waals surface area contributed by atoms with Gasteiger partial charge in [0.2, 0.25) is 0 Å². The van der Waals surface area contributed by atoms with E-state index in [1.165, 1.54) is 18.2 Å². The lowest BCUT2D eigenvalue weighted by Crippen LogP contribution is -2.11. The summed E-state index contributed by atoms with van der Waals surface area (Å²) in [5.74, 6) is -0.0285. The molecule has 1 heterocycles. The third-order valence-corrected chi connectivity index (χ3v) is 5.53. The predicted octanol–water partition coefficient (Wildman–Crippen LogP) is 5.50. The molecule has 3 aromatic rings. The van der Waals surface area contributed by atoms with Crippen LogP contribution in [0.2, 0.25) is 0 Å². The van der Waals surface area contributed by atoms with E-state index in [9.17, 15) is 14.5 Å². The summed E-state index contributed by atoms with van der Waals surface area (Å²) in [6, 6.07) is 13.0. The molecule has 0 radical (unpaired) electrons. The van der Waals surface area contributed by atoms with Gasteiger partial charge in [-0.05, 0) is 27.7 Å². The van der Waals surface area contributed by atoms with Crippen LogP contribution in [0.3, 0.4) is 0 Å². The summed E-state index contributed by atoms with van der Waals surface area (Å²) < 4.78 is 35.0. The Morgan fingerprint density at radius 2 is 1.59 bits per heavy atom. The van der Waals surface area contributed by atoms with Crippen LogP contribution in [0.5, 0.6) is 11.5 Å². The van der Waals surface area contributed by atoms with Crippen molar-refractivity contribution in [1.29, 1.82) is 0 Å². The fourth-order valence-electron chi connectivity index (χ4n) is 2.75. The van der Waals surface area contributed by atoms with Crippen LogP contribution in [-0.4, -0.2) is 17.3 Å². The van der Waals surface area contributed by atoms with E-state index in [0.29, 0.717) is 11.3 Å². The summed E-state index contributed by atoms with van der Waals surface area (Å²) in [4.78, 5) is 12.5. The average molecular weight is 418 g/mol. The van der Waals surface area contributed by atoms with Crippen molar-refractivity contribution in [3.05, 3.63) is 58.8 Å². The number of phenols is 1. The van der Waals surface area contributed by atoms with E-state index in [-0.39, 0.29) is 22.5 Å². The molecule has 1 N–H and O–H groups in total. The molecule has 0 bridgehead atoms. The molecule has 2 aromatic carbocycles. The second-order valence-electron chi connectivity index (χ2n) is 7.00. The summed E-state index contributed by atoms with van der Waals surface area (Å²) in [5, 5.41) is 10.3. The van der Waals surface area contributed by atoms with Gasteiger partial charge in [-0.1, -0.05) is 30.3 Å². The minimum atomic E-state index is -3.96. The normalized spacial score (nSPS) is 12.1. The van der Waals surface area contributed by atoms with Crippen molar-refractivity contribution in [3.8, 4) is 22.8 Å². The van der Waals surface area contributed by atoms with E-state index >= 15 is 0 Å². The van der Waals surface area contributed by atoms with Gasteiger partial charge < -0.3 is 14.0 Å². The lowest BCUT2D eigenvalue weighted by atomic mass is 10.1. The summed E-state index contributed by atoms with van der Waals surface area (Å²) >= 11 is 0. The molecule has 0 fully saturated rings. The zero-order valence-corrected chi connectivity index (χ0v) is 17.5. The van der Waals surface area contributed by atoms with Gasteiger partial charge in [-0.15, -0.1) is 0 Å². The molecule has 0 atom stereocenters. The molecule has 0 unspecified atom stereocenters. The van der Waals surface area contributed by atoms with Crippen molar-refractivity contribution in [2.45, 2.75) is 39.9 Å². The zero-order chi connectivity index (χ0) is 21.2. The summed E-state index contributed by atoms with van der Waals surface area (Å²) in [5.41, 5.74) is 0.385. The zero-order valence-electron chi connectivity index (χ0n) is 16.6. The Morgan fingerprint density at radius 3 is 2.17 bits per heavy atom. The second-order valence-corrected chi connectivity index (χ2v) is 8.50. The van der Waals surface area contributed by atoms with Crippen LogP contribution < -0.4 is 9.95 Å². The standard InChI is InChI=1S/C21H23O7P/c1-13(2)26-29(24,27-14(3)4)28-16-10-17(22)21-18(23)12-19(25-20(21)11-16)15-8-6-5-7-9-15/h5-14,22H,1-4H3. The largest absolute Gasteiger partial charge is 0.530 e. The Hall–Kier alpha value is -2.60. The van der Waals surface area contributed by atoms with Gasteiger partial charge in [-0.25, -0.2) is 4.57 Å². The van der Waals surface area contributed by atoms with Gasteiger partial charge in [0.25, 0.3) is 0 Å². The maximum atomic E-state index is 13.0. The highest BCUT2D eigenvalue weighted by Crippen LogP contribution is 2.52. The Morgan fingerprint density at radius 1 is 0.966 bits per heavy atom. The molecule has 29 heavy (non-hydrogen) atoms. The molecule has 8 heteroatoms. The van der Waals surface area contributed by atoms with E-state index in [1.807, 2.05) is 18.2 Å². The lowest BCUT2D eigenvalue weighted by Gasteiger charge is -2.22. The third-order valence-electron chi connectivity index (χ3n) is 3.74. The van der Waals surface area contributed by atoms with Crippen LogP contribution in [0.4, 0.5) is 0 Å². The van der Waals surface area contributed by atoms with E-state index in [2.05, 4.69) is 0 Å². The second kappa shape index (κ2) is 8.41. The minimum absolute atomic E-state index is 0.00131. The Labute approximate surface area is 168 Å². The van der Waals surface area contributed by atoms with Crippen LogP contribution in [0.1, 0.15) is 27.7 Å². The van der Waals surface area contributed by atoms with Crippen LogP contribution >= 0.6 is 7.82 Å². The number of hydrogen-bond acceptors (Lipinski definition) is 7. The molecule has 0 aliphatic carbocycles. The van der Waals surface area contributed by atoms with E-state index in [1.54, 1.807) is 39.8 Å². The van der Waals surface area contributed by atoms with Crippen LogP contribution in [0, 0.1) is 0 Å². The number of fused-ring (bicyclic) bond motifs is 1. The van der Waals surface area contributed by atoms with Gasteiger partial charge in [0.05, 0.1) is 12.2 Å². The molecule has 0 saturated heterocycles. The van der Waals surface area contributed by atoms with Crippen molar-refractivity contribution >= 4 is 18.8 Å². The van der Waals surface area contributed by atoms with Gasteiger partial charge in [0, 0.05) is 23.8 Å². The number of rotatable bonds is 7. The number of phenolic OH excluding ortho intramolecular Hbond substituents is 1. The summed E-state index contributed by atoms with van der Waals surface area (Å²) in [7, 11) is -3.96. The first-order valence-corrected chi connectivity index (χ1v) is 10.7. The van der Waals surface area contributed by atoms with Gasteiger partial charge in [0.15, 0.2) is 5.43 Å².